The molecule has 1 aliphatic heterocycles. The predicted molar refractivity (Wildman–Crippen MR) is 126 cm³/mol. The normalized spacial score (nSPS) is 49.0. The van der Waals surface area contributed by atoms with Crippen LogP contribution in [0.3, 0.4) is 0 Å². The molecule has 5 aliphatic rings. The molecule has 4 aliphatic carbocycles. The summed E-state index contributed by atoms with van der Waals surface area (Å²) in [4.78, 5) is 12.2. The van der Waals surface area contributed by atoms with Crippen molar-refractivity contribution in [2.45, 2.75) is 105 Å². The first-order chi connectivity index (χ1) is 14.6. The summed E-state index contributed by atoms with van der Waals surface area (Å²) < 4.78 is 5.65. The minimum absolute atomic E-state index is 0.0367. The monoisotopic (exact) mass is 424 g/mol. The van der Waals surface area contributed by atoms with E-state index >= 15 is 0 Å². The van der Waals surface area contributed by atoms with E-state index in [1.54, 1.807) is 0 Å². The first-order valence-electron chi connectivity index (χ1n) is 13.1. The molecule has 0 aromatic heterocycles. The number of carbonyl (C=O) groups is 1. The Bertz CT molecular complexity index is 821. The Balaban J connectivity index is 1.41. The van der Waals surface area contributed by atoms with Crippen molar-refractivity contribution >= 4 is 5.97 Å². The highest BCUT2D eigenvalue weighted by Crippen LogP contribution is 2.87. The smallest absolute Gasteiger partial charge is 0.310 e. The number of ether oxygens (including phenoxy) is 1. The number of fused-ring (bicyclic) bond motifs is 2. The number of carbonyl (C=O) groups excluding carboxylic acids is 1. The van der Waals surface area contributed by atoms with Crippen LogP contribution >= 0.6 is 0 Å². The molecule has 0 aromatic carbocycles. The van der Waals surface area contributed by atoms with Gasteiger partial charge in [0.25, 0.3) is 0 Å². The third-order valence-corrected chi connectivity index (χ3v) is 11.8. The maximum absolute atomic E-state index is 12.2. The minimum Gasteiger partial charge on any atom is -0.431 e. The molecular formula is C29H44O2. The van der Waals surface area contributed by atoms with Crippen molar-refractivity contribution in [2.24, 2.45) is 45.3 Å². The van der Waals surface area contributed by atoms with Crippen molar-refractivity contribution in [3.63, 3.8) is 0 Å². The highest BCUT2D eigenvalue weighted by Gasteiger charge is 2.80. The van der Waals surface area contributed by atoms with Crippen LogP contribution in [0, 0.1) is 45.3 Å². The molecule has 0 bridgehead atoms. The highest BCUT2D eigenvalue weighted by molar-refractivity contribution is 5.71. The third-order valence-electron chi connectivity index (χ3n) is 11.8. The van der Waals surface area contributed by atoms with Gasteiger partial charge in [-0.25, -0.2) is 0 Å². The standard InChI is InChI=1S/C29H44O2/c1-19(2)8-7-9-20(3)22-12-14-27(6)24-11-10-23-21(4)31-25(30)13-15-28(23)18-29(24,28)17-16-26(22,27)5/h8,20,22-24H,4,7,9-18H2,1-3,5-6H3/t20-,22-,23+,24+,26-,27+,28-,29+/m1/s1. The zero-order chi connectivity index (χ0) is 22.2. The Morgan fingerprint density at radius 2 is 1.87 bits per heavy atom. The molecular weight excluding hydrogens is 380 g/mol. The summed E-state index contributed by atoms with van der Waals surface area (Å²) in [5.41, 5.74) is 3.15. The Morgan fingerprint density at radius 3 is 2.61 bits per heavy atom. The Labute approximate surface area is 190 Å². The number of hydrogen-bond donors (Lipinski definition) is 0. The van der Waals surface area contributed by atoms with Gasteiger partial charge in [0, 0.05) is 12.3 Å². The van der Waals surface area contributed by atoms with Crippen LogP contribution in [-0.2, 0) is 9.53 Å². The summed E-state index contributed by atoms with van der Waals surface area (Å²) in [6, 6.07) is 0. The van der Waals surface area contributed by atoms with E-state index in [4.69, 9.17) is 4.74 Å². The lowest BCUT2D eigenvalue weighted by Gasteiger charge is -2.61. The zero-order valence-electron chi connectivity index (χ0n) is 20.7. The molecule has 0 radical (unpaired) electrons. The lowest BCUT2D eigenvalue weighted by Crippen LogP contribution is -2.54. The molecule has 2 spiro atoms. The van der Waals surface area contributed by atoms with Crippen LogP contribution < -0.4 is 0 Å². The van der Waals surface area contributed by atoms with Gasteiger partial charge in [0.15, 0.2) is 0 Å². The Morgan fingerprint density at radius 1 is 1.10 bits per heavy atom. The Kier molecular flexibility index (Phi) is 4.90. The molecule has 8 atom stereocenters. The van der Waals surface area contributed by atoms with E-state index in [0.29, 0.717) is 34.0 Å². The van der Waals surface area contributed by atoms with Crippen LogP contribution in [0.1, 0.15) is 105 Å². The molecule has 172 valence electrons. The largest absolute Gasteiger partial charge is 0.431 e. The number of hydrogen-bond acceptors (Lipinski definition) is 2. The molecule has 5 fully saturated rings. The lowest BCUT2D eigenvalue weighted by molar-refractivity contribution is -0.139. The van der Waals surface area contributed by atoms with Crippen LogP contribution in [0.4, 0.5) is 0 Å². The summed E-state index contributed by atoms with van der Waals surface area (Å²) >= 11 is 0. The second kappa shape index (κ2) is 6.97. The van der Waals surface area contributed by atoms with Gasteiger partial charge in [-0.1, -0.05) is 39.0 Å². The average Bonchev–Trinajstić information content (AvgIpc) is 3.32. The van der Waals surface area contributed by atoms with Crippen molar-refractivity contribution < 1.29 is 9.53 Å². The van der Waals surface area contributed by atoms with Gasteiger partial charge < -0.3 is 4.74 Å². The van der Waals surface area contributed by atoms with E-state index in [0.717, 1.165) is 29.9 Å². The summed E-state index contributed by atoms with van der Waals surface area (Å²) in [6.45, 7) is 16.6. The molecule has 0 aromatic rings. The number of cyclic esters (lactones) is 1. The summed E-state index contributed by atoms with van der Waals surface area (Å²) in [6.07, 6.45) is 16.1. The van der Waals surface area contributed by atoms with Crippen molar-refractivity contribution in [1.82, 2.24) is 0 Å². The molecule has 0 unspecified atom stereocenters. The van der Waals surface area contributed by atoms with Crippen LogP contribution in [0.15, 0.2) is 24.0 Å². The van der Waals surface area contributed by atoms with Gasteiger partial charge in [-0.3, -0.25) is 4.79 Å². The molecule has 0 N–H and O–H groups in total. The quantitative estimate of drug-likeness (QED) is 0.339. The molecule has 0 amide bonds. The van der Waals surface area contributed by atoms with E-state index in [1.165, 1.54) is 63.4 Å². The second-order valence-electron chi connectivity index (χ2n) is 12.9. The van der Waals surface area contributed by atoms with Crippen LogP contribution in [0.25, 0.3) is 0 Å². The van der Waals surface area contributed by atoms with Crippen molar-refractivity contribution in [3.05, 3.63) is 24.0 Å². The molecule has 1 heterocycles. The van der Waals surface area contributed by atoms with Gasteiger partial charge in [0.05, 0.1) is 0 Å². The predicted octanol–water partition coefficient (Wildman–Crippen LogP) is 7.84. The van der Waals surface area contributed by atoms with Crippen molar-refractivity contribution in [1.29, 1.82) is 0 Å². The number of allylic oxidation sites excluding steroid dienone is 3. The van der Waals surface area contributed by atoms with E-state index in [9.17, 15) is 4.79 Å². The molecule has 2 heteroatoms. The number of esters is 1. The molecule has 4 saturated carbocycles. The van der Waals surface area contributed by atoms with Gasteiger partial charge in [-0.05, 0) is 117 Å². The fourth-order valence-corrected chi connectivity index (χ4v) is 10.1. The third kappa shape index (κ3) is 2.78. The first kappa shape index (κ1) is 21.8. The van der Waals surface area contributed by atoms with Gasteiger partial charge in [-0.15, -0.1) is 0 Å². The fourth-order valence-electron chi connectivity index (χ4n) is 10.1. The lowest BCUT2D eigenvalue weighted by atomic mass is 9.44. The van der Waals surface area contributed by atoms with E-state index in [-0.39, 0.29) is 5.97 Å². The first-order valence-corrected chi connectivity index (χ1v) is 13.1. The van der Waals surface area contributed by atoms with E-state index in [2.05, 4.69) is 47.3 Å². The summed E-state index contributed by atoms with van der Waals surface area (Å²) in [7, 11) is 0. The minimum atomic E-state index is -0.0367. The van der Waals surface area contributed by atoms with Gasteiger partial charge in [-0.2, -0.15) is 0 Å². The zero-order valence-corrected chi connectivity index (χ0v) is 20.7. The van der Waals surface area contributed by atoms with E-state index in [1.807, 2.05) is 0 Å². The molecule has 5 rings (SSSR count). The SMILES string of the molecule is C=C1OC(=O)CC[C@]23C[C@]24CC[C@]2(C)[C@@H]([C@H](C)CCC=C(C)C)CC[C@@]2(C)[C@@H]4CC[C@@H]13. The molecule has 1 saturated heterocycles. The van der Waals surface area contributed by atoms with Crippen LogP contribution in [0.5, 0.6) is 0 Å². The highest BCUT2D eigenvalue weighted by atomic mass is 16.5. The van der Waals surface area contributed by atoms with Crippen molar-refractivity contribution in [3.8, 4) is 0 Å². The summed E-state index contributed by atoms with van der Waals surface area (Å²) in [5, 5.41) is 0. The van der Waals surface area contributed by atoms with Gasteiger partial charge in [0.1, 0.15) is 5.76 Å². The maximum atomic E-state index is 12.2. The Hall–Kier alpha value is -1.05. The summed E-state index contributed by atoms with van der Waals surface area (Å²) in [5.74, 6) is 3.68. The average molecular weight is 425 g/mol. The fraction of sp³-hybridized carbons (Fsp3) is 0.828. The second-order valence-corrected chi connectivity index (χ2v) is 12.9. The van der Waals surface area contributed by atoms with E-state index < -0.39 is 0 Å². The number of rotatable bonds is 4. The van der Waals surface area contributed by atoms with Crippen LogP contribution in [-0.4, -0.2) is 5.97 Å². The van der Waals surface area contributed by atoms with Crippen molar-refractivity contribution in [2.75, 3.05) is 0 Å². The van der Waals surface area contributed by atoms with Crippen LogP contribution in [0.2, 0.25) is 0 Å². The maximum Gasteiger partial charge on any atom is 0.310 e. The topological polar surface area (TPSA) is 26.3 Å². The van der Waals surface area contributed by atoms with Gasteiger partial charge >= 0.3 is 5.97 Å². The molecule has 2 nitrogen and oxygen atoms in total. The molecule has 31 heavy (non-hydrogen) atoms. The van der Waals surface area contributed by atoms with Gasteiger partial charge in [0.2, 0.25) is 0 Å².